The summed E-state index contributed by atoms with van der Waals surface area (Å²) in [6, 6.07) is 6.26. The first-order valence-corrected chi connectivity index (χ1v) is 10.9. The predicted molar refractivity (Wildman–Crippen MR) is 125 cm³/mol. The van der Waals surface area contributed by atoms with E-state index in [1.807, 2.05) is 41.2 Å². The molecular weight excluding hydrogens is 384 g/mol. The monoisotopic (exact) mass is 412 g/mol. The van der Waals surface area contributed by atoms with Gasteiger partial charge in [-0.3, -0.25) is 14.4 Å². The van der Waals surface area contributed by atoms with E-state index in [-0.39, 0.29) is 11.8 Å². The number of carbonyl (C=O) groups is 1. The van der Waals surface area contributed by atoms with Gasteiger partial charge in [0.15, 0.2) is 0 Å². The Bertz CT molecular complexity index is 1210. The van der Waals surface area contributed by atoms with Gasteiger partial charge < -0.3 is 4.90 Å². The van der Waals surface area contributed by atoms with Crippen LogP contribution in [-0.4, -0.2) is 45.6 Å². The molecule has 1 atom stereocenters. The molecule has 2 aromatic rings. The Balaban J connectivity index is 1.49. The topological polar surface area (TPSA) is 41.4 Å². The number of fused-ring (bicyclic) bond motifs is 2. The van der Waals surface area contributed by atoms with Crippen LogP contribution in [0, 0.1) is 5.92 Å². The van der Waals surface area contributed by atoms with Crippen molar-refractivity contribution in [3.8, 4) is 0 Å². The van der Waals surface area contributed by atoms with Gasteiger partial charge in [0, 0.05) is 49.7 Å². The second-order valence-corrected chi connectivity index (χ2v) is 8.81. The zero-order valence-corrected chi connectivity index (χ0v) is 18.4. The van der Waals surface area contributed by atoms with Crippen LogP contribution in [0.15, 0.2) is 77.8 Å². The van der Waals surface area contributed by atoms with Gasteiger partial charge >= 0.3 is 0 Å². The van der Waals surface area contributed by atoms with E-state index in [9.17, 15) is 4.79 Å². The molecule has 1 amide bonds. The molecule has 5 rings (SSSR count). The van der Waals surface area contributed by atoms with E-state index in [4.69, 9.17) is 0 Å². The molecule has 0 saturated heterocycles. The number of carbonyl (C=O) groups excluding carboxylic acids is 1. The van der Waals surface area contributed by atoms with Gasteiger partial charge in [-0.15, -0.1) is 0 Å². The van der Waals surface area contributed by atoms with E-state index in [1.165, 1.54) is 5.57 Å². The summed E-state index contributed by atoms with van der Waals surface area (Å²) in [5.74, 6) is 0.262. The number of nitrogens with zero attached hydrogens (tertiary/aromatic N) is 4. The molecule has 0 aliphatic carbocycles. The van der Waals surface area contributed by atoms with Gasteiger partial charge in [0.1, 0.15) is 0 Å². The average molecular weight is 413 g/mol. The molecule has 5 heteroatoms. The lowest BCUT2D eigenvalue weighted by Gasteiger charge is -2.29. The van der Waals surface area contributed by atoms with Gasteiger partial charge in [-0.1, -0.05) is 31.2 Å². The van der Waals surface area contributed by atoms with Crippen molar-refractivity contribution in [1.82, 2.24) is 19.6 Å². The number of hydrogen-bond acceptors (Lipinski definition) is 3. The molecule has 31 heavy (non-hydrogen) atoms. The fraction of sp³-hybridized carbons (Fsp3) is 0.308. The second kappa shape index (κ2) is 7.82. The fourth-order valence-corrected chi connectivity index (χ4v) is 4.56. The molecule has 0 N–H and O–H groups in total. The molecule has 1 aromatic carbocycles. The van der Waals surface area contributed by atoms with Crippen molar-refractivity contribution < 1.29 is 4.79 Å². The van der Waals surface area contributed by atoms with E-state index in [2.05, 4.69) is 60.4 Å². The lowest BCUT2D eigenvalue weighted by molar-refractivity contribution is -0.122. The summed E-state index contributed by atoms with van der Waals surface area (Å²) in [5.41, 5.74) is 6.56. The molecule has 1 aromatic heterocycles. The Labute approximate surface area is 183 Å². The predicted octanol–water partition coefficient (Wildman–Crippen LogP) is 4.42. The molecule has 5 nitrogen and oxygen atoms in total. The van der Waals surface area contributed by atoms with Gasteiger partial charge in [0.25, 0.3) is 5.91 Å². The van der Waals surface area contributed by atoms with Crippen LogP contribution >= 0.6 is 0 Å². The SMILES string of the molecule is CC1CC=C2C=CC(C3=CCN(C)CC3)=CN2C(=O)C=C1c1ccc2nn(C)cc2c1. The molecule has 3 aliphatic heterocycles. The Morgan fingerprint density at radius 2 is 2.00 bits per heavy atom. The maximum atomic E-state index is 13.4. The average Bonchev–Trinajstić information content (AvgIpc) is 3.14. The van der Waals surface area contributed by atoms with Gasteiger partial charge in [0.05, 0.1) is 5.52 Å². The van der Waals surface area contributed by atoms with Crippen LogP contribution in [-0.2, 0) is 11.8 Å². The minimum atomic E-state index is 0.00876. The maximum absolute atomic E-state index is 13.4. The van der Waals surface area contributed by atoms with E-state index in [0.717, 1.165) is 59.2 Å². The summed E-state index contributed by atoms with van der Waals surface area (Å²) in [6.45, 7) is 4.19. The Morgan fingerprint density at radius 3 is 2.81 bits per heavy atom. The molecule has 0 radical (unpaired) electrons. The van der Waals surface area contributed by atoms with Crippen LogP contribution in [0.3, 0.4) is 0 Å². The molecule has 1 unspecified atom stereocenters. The summed E-state index contributed by atoms with van der Waals surface area (Å²) in [4.78, 5) is 17.5. The lowest BCUT2D eigenvalue weighted by Crippen LogP contribution is -2.28. The zero-order valence-electron chi connectivity index (χ0n) is 18.4. The molecule has 0 fully saturated rings. The number of aryl methyl sites for hydroxylation is 1. The third-order valence-electron chi connectivity index (χ3n) is 6.44. The molecular formula is C26H28N4O. The number of allylic oxidation sites excluding steroid dienone is 5. The lowest BCUT2D eigenvalue weighted by atomic mass is 9.88. The highest BCUT2D eigenvalue weighted by Crippen LogP contribution is 2.33. The van der Waals surface area contributed by atoms with Gasteiger partial charge in [-0.2, -0.15) is 5.10 Å². The first-order valence-electron chi connectivity index (χ1n) is 10.9. The molecule has 158 valence electrons. The van der Waals surface area contributed by atoms with Crippen LogP contribution in [0.1, 0.15) is 25.3 Å². The van der Waals surface area contributed by atoms with Crippen LogP contribution in [0.5, 0.6) is 0 Å². The molecule has 3 aliphatic rings. The van der Waals surface area contributed by atoms with Crippen molar-refractivity contribution >= 4 is 22.4 Å². The summed E-state index contributed by atoms with van der Waals surface area (Å²) < 4.78 is 1.83. The van der Waals surface area contributed by atoms with Crippen LogP contribution in [0.4, 0.5) is 0 Å². The van der Waals surface area contributed by atoms with E-state index < -0.39 is 0 Å². The number of likely N-dealkylation sites (N-methyl/N-ethyl adjacent to an activating group) is 1. The number of benzene rings is 1. The van der Waals surface area contributed by atoms with Crippen molar-refractivity contribution in [2.24, 2.45) is 13.0 Å². The Kier molecular flexibility index (Phi) is 4.98. The zero-order chi connectivity index (χ0) is 21.5. The number of amides is 1. The Morgan fingerprint density at radius 1 is 1.13 bits per heavy atom. The highest BCUT2D eigenvalue weighted by atomic mass is 16.2. The van der Waals surface area contributed by atoms with Crippen LogP contribution in [0.2, 0.25) is 0 Å². The molecule has 0 bridgehead atoms. The van der Waals surface area contributed by atoms with Crippen LogP contribution in [0.25, 0.3) is 16.5 Å². The minimum Gasteiger partial charge on any atom is -0.302 e. The molecule has 0 saturated carbocycles. The summed E-state index contributed by atoms with van der Waals surface area (Å²) in [7, 11) is 4.07. The first kappa shape index (κ1) is 19.8. The highest BCUT2D eigenvalue weighted by molar-refractivity contribution is 5.99. The number of rotatable bonds is 2. The number of hydrogen-bond donors (Lipinski definition) is 0. The largest absolute Gasteiger partial charge is 0.302 e. The summed E-state index contributed by atoms with van der Waals surface area (Å²) >= 11 is 0. The third kappa shape index (κ3) is 3.81. The van der Waals surface area contributed by atoms with Crippen molar-refractivity contribution in [3.05, 3.63) is 83.4 Å². The quantitative estimate of drug-likeness (QED) is 0.733. The van der Waals surface area contributed by atoms with Gasteiger partial charge in [-0.25, -0.2) is 0 Å². The van der Waals surface area contributed by atoms with Gasteiger partial charge in [0.2, 0.25) is 0 Å². The first-order chi connectivity index (χ1) is 15.0. The van der Waals surface area contributed by atoms with Crippen molar-refractivity contribution in [1.29, 1.82) is 0 Å². The second-order valence-electron chi connectivity index (χ2n) is 8.81. The maximum Gasteiger partial charge on any atom is 0.255 e. The smallest absolute Gasteiger partial charge is 0.255 e. The van der Waals surface area contributed by atoms with Crippen molar-refractivity contribution in [2.75, 3.05) is 20.1 Å². The Hall–Kier alpha value is -3.18. The molecule has 4 heterocycles. The van der Waals surface area contributed by atoms with Gasteiger partial charge in [-0.05, 0) is 66.3 Å². The minimum absolute atomic E-state index is 0.00876. The highest BCUT2D eigenvalue weighted by Gasteiger charge is 2.24. The molecule has 0 spiro atoms. The van der Waals surface area contributed by atoms with E-state index in [0.29, 0.717) is 0 Å². The van der Waals surface area contributed by atoms with Crippen LogP contribution < -0.4 is 0 Å². The van der Waals surface area contributed by atoms with Crippen molar-refractivity contribution in [3.63, 3.8) is 0 Å². The van der Waals surface area contributed by atoms with E-state index >= 15 is 0 Å². The fourth-order valence-electron chi connectivity index (χ4n) is 4.56. The summed E-state index contributed by atoms with van der Waals surface area (Å²) in [6.07, 6.45) is 16.5. The normalized spacial score (nSPS) is 22.4. The van der Waals surface area contributed by atoms with Crippen molar-refractivity contribution in [2.45, 2.75) is 19.8 Å². The standard InChI is InChI=1S/C26H28N4O/c1-18-4-7-23-8-5-21(19-10-12-28(2)13-11-19)17-30(23)26(31)15-24(18)20-6-9-25-22(14-20)16-29(3)27-25/h5-10,14-18H,4,11-13H2,1-3H3. The van der Waals surface area contributed by atoms with E-state index in [1.54, 1.807) is 0 Å². The summed E-state index contributed by atoms with van der Waals surface area (Å²) in [5, 5.41) is 5.56. The third-order valence-corrected chi connectivity index (χ3v) is 6.44. The number of aromatic nitrogens is 2.